The maximum absolute atomic E-state index is 5.43. The maximum Gasteiger partial charge on any atom is 0.169 e. The molecule has 1 heterocycles. The summed E-state index contributed by atoms with van der Waals surface area (Å²) in [7, 11) is 2.14. The number of hydrogen-bond acceptors (Lipinski definition) is 2. The minimum Gasteiger partial charge on any atom is -0.360 e. The van der Waals surface area contributed by atoms with Gasteiger partial charge in [0, 0.05) is 32.2 Å². The van der Waals surface area contributed by atoms with Gasteiger partial charge in [0.2, 0.25) is 0 Å². The van der Waals surface area contributed by atoms with Crippen LogP contribution in [-0.2, 0) is 0 Å². The molecular weight excluding hydrogens is 218 g/mol. The van der Waals surface area contributed by atoms with E-state index in [1.165, 1.54) is 45.3 Å². The third kappa shape index (κ3) is 3.08. The van der Waals surface area contributed by atoms with E-state index in [9.17, 15) is 0 Å². The molecule has 2 rings (SSSR count). The van der Waals surface area contributed by atoms with Crippen molar-refractivity contribution < 1.29 is 0 Å². The molecule has 0 aromatic heterocycles. The van der Waals surface area contributed by atoms with E-state index in [1.54, 1.807) is 0 Å². The van der Waals surface area contributed by atoms with Gasteiger partial charge < -0.3 is 15.1 Å². The normalized spacial score (nSPS) is 23.1. The van der Waals surface area contributed by atoms with Crippen molar-refractivity contribution in [3.8, 4) is 0 Å². The van der Waals surface area contributed by atoms with Gasteiger partial charge in [0.1, 0.15) is 0 Å². The zero-order valence-electron chi connectivity index (χ0n) is 10.4. The molecule has 1 saturated heterocycles. The lowest BCUT2D eigenvalue weighted by molar-refractivity contribution is 0.171. The molecule has 1 N–H and O–H groups in total. The molecule has 0 spiro atoms. The Morgan fingerprint density at radius 1 is 1.31 bits per heavy atom. The van der Waals surface area contributed by atoms with Crippen LogP contribution in [-0.4, -0.2) is 53.7 Å². The van der Waals surface area contributed by atoms with Gasteiger partial charge in [-0.15, -0.1) is 0 Å². The van der Waals surface area contributed by atoms with Crippen molar-refractivity contribution in [3.63, 3.8) is 0 Å². The van der Waals surface area contributed by atoms with Crippen LogP contribution in [0.15, 0.2) is 0 Å². The summed E-state index contributed by atoms with van der Waals surface area (Å²) in [6.07, 6.45) is 5.08. The SMILES string of the molecule is CCN1CCC(N(C)C(=S)NC2CC2)CC1. The summed E-state index contributed by atoms with van der Waals surface area (Å²) in [6.45, 7) is 5.86. The Balaban J connectivity index is 1.76. The maximum atomic E-state index is 5.43. The fourth-order valence-corrected chi connectivity index (χ4v) is 2.61. The zero-order chi connectivity index (χ0) is 11.5. The van der Waals surface area contributed by atoms with Gasteiger partial charge in [-0.25, -0.2) is 0 Å². The van der Waals surface area contributed by atoms with Gasteiger partial charge in [-0.3, -0.25) is 0 Å². The van der Waals surface area contributed by atoms with E-state index in [2.05, 4.69) is 29.1 Å². The highest BCUT2D eigenvalue weighted by Crippen LogP contribution is 2.20. The summed E-state index contributed by atoms with van der Waals surface area (Å²) in [5.74, 6) is 0. The molecular formula is C12H23N3S. The fraction of sp³-hybridized carbons (Fsp3) is 0.917. The number of nitrogens with one attached hydrogen (secondary N) is 1. The van der Waals surface area contributed by atoms with Crippen LogP contribution >= 0.6 is 12.2 Å². The van der Waals surface area contributed by atoms with Gasteiger partial charge in [-0.05, 0) is 44.4 Å². The molecule has 0 bridgehead atoms. The molecule has 0 radical (unpaired) electrons. The second-order valence-electron chi connectivity index (χ2n) is 5.00. The molecule has 2 fully saturated rings. The molecule has 1 aliphatic carbocycles. The first-order valence-corrected chi connectivity index (χ1v) is 6.87. The van der Waals surface area contributed by atoms with E-state index in [-0.39, 0.29) is 0 Å². The van der Waals surface area contributed by atoms with E-state index >= 15 is 0 Å². The number of likely N-dealkylation sites (tertiary alicyclic amines) is 1. The zero-order valence-corrected chi connectivity index (χ0v) is 11.2. The van der Waals surface area contributed by atoms with E-state index in [4.69, 9.17) is 12.2 Å². The van der Waals surface area contributed by atoms with Crippen molar-refractivity contribution in [3.05, 3.63) is 0 Å². The van der Waals surface area contributed by atoms with Crippen molar-refractivity contribution in [1.29, 1.82) is 0 Å². The van der Waals surface area contributed by atoms with Crippen LogP contribution < -0.4 is 5.32 Å². The van der Waals surface area contributed by atoms with E-state index in [0.717, 1.165) is 5.11 Å². The molecule has 2 aliphatic rings. The first-order valence-electron chi connectivity index (χ1n) is 6.46. The summed E-state index contributed by atoms with van der Waals surface area (Å²) >= 11 is 5.43. The smallest absolute Gasteiger partial charge is 0.169 e. The molecule has 1 aliphatic heterocycles. The Morgan fingerprint density at radius 2 is 1.94 bits per heavy atom. The minimum atomic E-state index is 0.640. The summed E-state index contributed by atoms with van der Waals surface area (Å²) in [5, 5.41) is 4.38. The third-order valence-corrected chi connectivity index (χ3v) is 4.18. The predicted octanol–water partition coefficient (Wildman–Crippen LogP) is 1.44. The second-order valence-corrected chi connectivity index (χ2v) is 5.39. The van der Waals surface area contributed by atoms with Crippen molar-refractivity contribution in [2.75, 3.05) is 26.7 Å². The Bertz CT molecular complexity index is 245. The Hall–Kier alpha value is -0.350. The van der Waals surface area contributed by atoms with Gasteiger partial charge >= 0.3 is 0 Å². The Kier molecular flexibility index (Phi) is 4.03. The van der Waals surface area contributed by atoms with Crippen LogP contribution in [0, 0.1) is 0 Å². The third-order valence-electron chi connectivity index (χ3n) is 3.78. The van der Waals surface area contributed by atoms with Gasteiger partial charge in [0.25, 0.3) is 0 Å². The van der Waals surface area contributed by atoms with Gasteiger partial charge in [0.15, 0.2) is 5.11 Å². The highest BCUT2D eigenvalue weighted by atomic mass is 32.1. The lowest BCUT2D eigenvalue weighted by Gasteiger charge is -2.37. The summed E-state index contributed by atoms with van der Waals surface area (Å²) in [4.78, 5) is 4.79. The molecule has 0 unspecified atom stereocenters. The van der Waals surface area contributed by atoms with Crippen molar-refractivity contribution in [2.24, 2.45) is 0 Å². The molecule has 4 heteroatoms. The highest BCUT2D eigenvalue weighted by molar-refractivity contribution is 7.80. The lowest BCUT2D eigenvalue weighted by atomic mass is 10.0. The van der Waals surface area contributed by atoms with E-state index < -0.39 is 0 Å². The standard InChI is InChI=1S/C12H23N3S/c1-3-15-8-6-11(7-9-15)14(2)12(16)13-10-4-5-10/h10-11H,3-9H2,1-2H3,(H,13,16). The van der Waals surface area contributed by atoms with Crippen molar-refractivity contribution >= 4 is 17.3 Å². The Morgan fingerprint density at radius 3 is 2.44 bits per heavy atom. The first kappa shape index (κ1) is 12.1. The van der Waals surface area contributed by atoms with Crippen LogP contribution in [0.5, 0.6) is 0 Å². The molecule has 0 aromatic carbocycles. The van der Waals surface area contributed by atoms with Gasteiger partial charge in [-0.1, -0.05) is 6.92 Å². The average Bonchev–Trinajstić information content (AvgIpc) is 3.12. The Labute approximate surface area is 104 Å². The number of rotatable bonds is 3. The molecule has 92 valence electrons. The highest BCUT2D eigenvalue weighted by Gasteiger charge is 2.27. The molecule has 16 heavy (non-hydrogen) atoms. The molecule has 1 saturated carbocycles. The summed E-state index contributed by atoms with van der Waals surface area (Å²) < 4.78 is 0. The average molecular weight is 241 g/mol. The molecule has 3 nitrogen and oxygen atoms in total. The summed E-state index contributed by atoms with van der Waals surface area (Å²) in [5.41, 5.74) is 0. The minimum absolute atomic E-state index is 0.640. The quantitative estimate of drug-likeness (QED) is 0.753. The molecule has 0 atom stereocenters. The first-order chi connectivity index (χ1) is 7.70. The fourth-order valence-electron chi connectivity index (χ4n) is 2.29. The predicted molar refractivity (Wildman–Crippen MR) is 71.7 cm³/mol. The van der Waals surface area contributed by atoms with Crippen LogP contribution in [0.25, 0.3) is 0 Å². The number of nitrogens with zero attached hydrogens (tertiary/aromatic N) is 2. The van der Waals surface area contributed by atoms with E-state index in [1.807, 2.05) is 0 Å². The summed E-state index contributed by atoms with van der Waals surface area (Å²) in [6, 6.07) is 1.31. The second kappa shape index (κ2) is 5.32. The lowest BCUT2D eigenvalue weighted by Crippen LogP contribution is -2.49. The van der Waals surface area contributed by atoms with Crippen molar-refractivity contribution in [2.45, 2.75) is 44.7 Å². The monoisotopic (exact) mass is 241 g/mol. The molecule has 0 aromatic rings. The number of thiocarbonyl (C=S) groups is 1. The number of piperidine rings is 1. The van der Waals surface area contributed by atoms with E-state index in [0.29, 0.717) is 12.1 Å². The van der Waals surface area contributed by atoms with Crippen LogP contribution in [0.4, 0.5) is 0 Å². The van der Waals surface area contributed by atoms with Gasteiger partial charge in [0.05, 0.1) is 0 Å². The van der Waals surface area contributed by atoms with Gasteiger partial charge in [-0.2, -0.15) is 0 Å². The van der Waals surface area contributed by atoms with Crippen LogP contribution in [0.3, 0.4) is 0 Å². The van der Waals surface area contributed by atoms with Crippen molar-refractivity contribution in [1.82, 2.24) is 15.1 Å². The molecule has 0 amide bonds. The number of hydrogen-bond donors (Lipinski definition) is 1. The largest absolute Gasteiger partial charge is 0.360 e. The van der Waals surface area contributed by atoms with Crippen LogP contribution in [0.2, 0.25) is 0 Å². The van der Waals surface area contributed by atoms with Crippen LogP contribution in [0.1, 0.15) is 32.6 Å². The topological polar surface area (TPSA) is 18.5 Å².